The molecule has 0 unspecified atom stereocenters. The van der Waals surface area contributed by atoms with Crippen LogP contribution in [-0.4, -0.2) is 51.5 Å². The van der Waals surface area contributed by atoms with Gasteiger partial charge in [0.1, 0.15) is 6.54 Å². The molecular formula is C25H41N3S+2. The zero-order valence-corrected chi connectivity index (χ0v) is 20.2. The van der Waals surface area contributed by atoms with Crippen LogP contribution < -0.4 is 9.47 Å². The van der Waals surface area contributed by atoms with Crippen LogP contribution in [0.15, 0.2) is 48.7 Å². The van der Waals surface area contributed by atoms with E-state index in [9.17, 15) is 0 Å². The maximum absolute atomic E-state index is 4.37. The molecule has 3 nitrogen and oxygen atoms in total. The van der Waals surface area contributed by atoms with E-state index in [-0.39, 0.29) is 0 Å². The predicted molar refractivity (Wildman–Crippen MR) is 133 cm³/mol. The van der Waals surface area contributed by atoms with Crippen molar-refractivity contribution in [2.24, 2.45) is 0 Å². The average Bonchev–Trinajstić information content (AvgIpc) is 2.72. The number of nitrogens with zero attached hydrogens (tertiary/aromatic N) is 3. The van der Waals surface area contributed by atoms with Gasteiger partial charge in [-0.1, -0.05) is 26.0 Å². The van der Waals surface area contributed by atoms with Crippen LogP contribution in [0.2, 0.25) is 0 Å². The molecule has 4 heteroatoms. The van der Waals surface area contributed by atoms with Crippen molar-refractivity contribution in [1.82, 2.24) is 0 Å². The zero-order chi connectivity index (χ0) is 21.7. The lowest BCUT2D eigenvalue weighted by Crippen LogP contribution is -2.42. The van der Waals surface area contributed by atoms with Gasteiger partial charge in [-0.25, -0.2) is 0 Å². The summed E-state index contributed by atoms with van der Waals surface area (Å²) in [5, 5.41) is 0. The summed E-state index contributed by atoms with van der Waals surface area (Å²) in [5.41, 5.74) is 3.70. The molecule has 0 radical (unpaired) electrons. The highest BCUT2D eigenvalue weighted by atomic mass is 32.1. The number of unbranched alkanes of at least 4 members (excludes halogenated alkanes) is 1. The fourth-order valence-corrected chi connectivity index (χ4v) is 3.66. The first-order valence-corrected chi connectivity index (χ1v) is 11.4. The van der Waals surface area contributed by atoms with E-state index >= 15 is 0 Å². The van der Waals surface area contributed by atoms with E-state index in [2.05, 4.69) is 111 Å². The number of aromatic nitrogens is 1. The van der Waals surface area contributed by atoms with Crippen LogP contribution >= 0.6 is 12.6 Å². The number of thiol groups is 1. The molecule has 0 spiro atoms. The van der Waals surface area contributed by atoms with Crippen LogP contribution in [0.5, 0.6) is 0 Å². The molecule has 0 saturated carbocycles. The smallest absolute Gasteiger partial charge is 0.205 e. The standard InChI is InChI=1S/C23H34N3S.C2H6/c1-24(2)22-13-10-21(11-14-22)12-15-23-9-5-6-16-25(23)17-7-8-18-26(3,4)19-20-27;1-2/h5-6,9-16H,7-8,17-20H2,1-4H3;1-2H3/q+1;/p+1. The van der Waals surface area contributed by atoms with Gasteiger partial charge in [-0.2, -0.15) is 17.2 Å². The summed E-state index contributed by atoms with van der Waals surface area (Å²) in [4.78, 5) is 2.12. The van der Waals surface area contributed by atoms with Crippen LogP contribution in [0.4, 0.5) is 5.69 Å². The number of hydrogen-bond acceptors (Lipinski definition) is 2. The molecule has 0 aliphatic heterocycles. The predicted octanol–water partition coefficient (Wildman–Crippen LogP) is 5.02. The molecule has 2 rings (SSSR count). The molecule has 160 valence electrons. The molecule has 29 heavy (non-hydrogen) atoms. The molecule has 1 aromatic carbocycles. The van der Waals surface area contributed by atoms with E-state index < -0.39 is 0 Å². The number of benzene rings is 1. The number of rotatable bonds is 10. The van der Waals surface area contributed by atoms with E-state index in [0.717, 1.165) is 23.3 Å². The number of anilines is 1. The Morgan fingerprint density at radius 2 is 1.62 bits per heavy atom. The van der Waals surface area contributed by atoms with Crippen LogP contribution in [0.25, 0.3) is 12.2 Å². The van der Waals surface area contributed by atoms with Crippen molar-refractivity contribution in [3.63, 3.8) is 0 Å². The second-order valence-corrected chi connectivity index (χ2v) is 8.40. The molecular weight excluding hydrogens is 374 g/mol. The number of aryl methyl sites for hydroxylation is 1. The van der Waals surface area contributed by atoms with Crippen molar-refractivity contribution in [3.05, 3.63) is 59.9 Å². The van der Waals surface area contributed by atoms with Crippen molar-refractivity contribution in [2.45, 2.75) is 33.2 Å². The Morgan fingerprint density at radius 3 is 2.24 bits per heavy atom. The third-order valence-electron chi connectivity index (χ3n) is 4.95. The maximum Gasteiger partial charge on any atom is 0.205 e. The highest BCUT2D eigenvalue weighted by Gasteiger charge is 2.14. The maximum atomic E-state index is 4.37. The first-order valence-electron chi connectivity index (χ1n) is 10.8. The van der Waals surface area contributed by atoms with Gasteiger partial charge >= 0.3 is 0 Å². The van der Waals surface area contributed by atoms with Gasteiger partial charge < -0.3 is 9.38 Å². The fraction of sp³-hybridized carbons (Fsp3) is 0.480. The van der Waals surface area contributed by atoms with E-state index in [0.29, 0.717) is 0 Å². The molecule has 0 saturated heterocycles. The number of quaternary nitrogens is 1. The van der Waals surface area contributed by atoms with Crippen LogP contribution in [0.1, 0.15) is 37.9 Å². The lowest BCUT2D eigenvalue weighted by atomic mass is 10.1. The minimum atomic E-state index is 0.949. The number of hydrogen-bond donors (Lipinski definition) is 1. The lowest BCUT2D eigenvalue weighted by molar-refractivity contribution is -0.888. The third-order valence-corrected chi connectivity index (χ3v) is 5.15. The highest BCUT2D eigenvalue weighted by molar-refractivity contribution is 7.80. The normalized spacial score (nSPS) is 11.3. The SMILES string of the molecule is CC.CN(C)c1ccc(/C=C/c2cccc[n+]2CCCC[N+](C)(C)CCS)cc1. The lowest BCUT2D eigenvalue weighted by Gasteiger charge is -2.28. The van der Waals surface area contributed by atoms with Crippen LogP contribution in [0.3, 0.4) is 0 Å². The van der Waals surface area contributed by atoms with Gasteiger partial charge in [-0.3, -0.25) is 0 Å². The molecule has 0 bridgehead atoms. The van der Waals surface area contributed by atoms with E-state index in [1.807, 2.05) is 13.8 Å². The summed E-state index contributed by atoms with van der Waals surface area (Å²) in [6.45, 7) is 7.39. The van der Waals surface area contributed by atoms with Crippen molar-refractivity contribution >= 4 is 30.5 Å². The Hall–Kier alpha value is -1.78. The van der Waals surface area contributed by atoms with Crippen molar-refractivity contribution in [1.29, 1.82) is 0 Å². The molecule has 0 aliphatic carbocycles. The highest BCUT2D eigenvalue weighted by Crippen LogP contribution is 2.14. The molecule has 1 heterocycles. The number of pyridine rings is 1. The van der Waals surface area contributed by atoms with Gasteiger partial charge in [0.2, 0.25) is 5.69 Å². The van der Waals surface area contributed by atoms with Gasteiger partial charge in [-0.05, 0) is 29.8 Å². The fourth-order valence-electron chi connectivity index (χ4n) is 3.11. The minimum absolute atomic E-state index is 0.949. The first kappa shape index (κ1) is 25.3. The Bertz CT molecular complexity index is 721. The summed E-state index contributed by atoms with van der Waals surface area (Å²) in [6.07, 6.45) is 9.02. The summed E-state index contributed by atoms with van der Waals surface area (Å²) >= 11 is 4.37. The van der Waals surface area contributed by atoms with Crippen molar-refractivity contribution in [3.8, 4) is 0 Å². The third kappa shape index (κ3) is 9.51. The van der Waals surface area contributed by atoms with Gasteiger partial charge in [-0.15, -0.1) is 0 Å². The summed E-state index contributed by atoms with van der Waals surface area (Å²) in [7, 11) is 8.72. The van der Waals surface area contributed by atoms with E-state index in [4.69, 9.17) is 0 Å². The Kier molecular flexibility index (Phi) is 11.7. The molecule has 2 aromatic rings. The summed E-state index contributed by atoms with van der Waals surface area (Å²) < 4.78 is 3.40. The molecule has 0 N–H and O–H groups in total. The zero-order valence-electron chi connectivity index (χ0n) is 19.3. The van der Waals surface area contributed by atoms with Gasteiger partial charge in [0.05, 0.1) is 27.2 Å². The Morgan fingerprint density at radius 1 is 0.931 bits per heavy atom. The first-order chi connectivity index (χ1) is 13.9. The van der Waals surface area contributed by atoms with Crippen molar-refractivity contribution in [2.75, 3.05) is 51.9 Å². The molecule has 0 amide bonds. The van der Waals surface area contributed by atoms with Crippen molar-refractivity contribution < 1.29 is 9.05 Å². The Labute approximate surface area is 184 Å². The van der Waals surface area contributed by atoms with Gasteiger partial charge in [0.25, 0.3) is 0 Å². The van der Waals surface area contributed by atoms with Gasteiger partial charge in [0, 0.05) is 56.6 Å². The van der Waals surface area contributed by atoms with E-state index in [1.54, 1.807) is 0 Å². The quantitative estimate of drug-likeness (QED) is 0.248. The Balaban J connectivity index is 0.00000204. The second kappa shape index (κ2) is 13.4. The van der Waals surface area contributed by atoms with E-state index in [1.165, 1.54) is 36.3 Å². The summed E-state index contributed by atoms with van der Waals surface area (Å²) in [6, 6.07) is 15.1. The topological polar surface area (TPSA) is 7.12 Å². The summed E-state index contributed by atoms with van der Waals surface area (Å²) in [5.74, 6) is 0.949. The second-order valence-electron chi connectivity index (χ2n) is 7.95. The van der Waals surface area contributed by atoms with Crippen LogP contribution in [0, 0.1) is 0 Å². The molecule has 0 fully saturated rings. The molecule has 0 aliphatic rings. The average molecular weight is 416 g/mol. The monoisotopic (exact) mass is 415 g/mol. The molecule has 1 aromatic heterocycles. The van der Waals surface area contributed by atoms with Crippen LogP contribution in [-0.2, 0) is 6.54 Å². The molecule has 0 atom stereocenters. The van der Waals surface area contributed by atoms with Gasteiger partial charge in [0.15, 0.2) is 6.20 Å². The largest absolute Gasteiger partial charge is 0.378 e. The minimum Gasteiger partial charge on any atom is -0.378 e.